The number of nitrogens with one attached hydrogen (secondary N) is 1. The second kappa shape index (κ2) is 6.71. The molecule has 0 radical (unpaired) electrons. The molecule has 2 aromatic carbocycles. The van der Waals surface area contributed by atoms with Crippen LogP contribution in [0.4, 0.5) is 11.6 Å². The third-order valence-corrected chi connectivity index (χ3v) is 3.48. The van der Waals surface area contributed by atoms with Crippen molar-refractivity contribution in [2.75, 3.05) is 12.4 Å². The summed E-state index contributed by atoms with van der Waals surface area (Å²) in [6.07, 6.45) is 1.60. The van der Waals surface area contributed by atoms with Crippen LogP contribution in [-0.4, -0.2) is 27.0 Å². The molecular weight excluding hydrogens is 306 g/mol. The van der Waals surface area contributed by atoms with Gasteiger partial charge in [0.2, 0.25) is 5.95 Å². The minimum absolute atomic E-state index is 0.0877. The first-order chi connectivity index (χ1) is 11.7. The fraction of sp³-hybridized carbons (Fsp3) is 0.118. The Morgan fingerprint density at radius 1 is 1.25 bits per heavy atom. The van der Waals surface area contributed by atoms with Gasteiger partial charge in [-0.2, -0.15) is 5.26 Å². The molecule has 0 fully saturated rings. The maximum atomic E-state index is 9.87. The number of nitriles is 1. The second-order valence-corrected chi connectivity index (χ2v) is 5.10. The molecule has 24 heavy (non-hydrogen) atoms. The molecule has 2 N–H and O–H groups in total. The van der Waals surface area contributed by atoms with Crippen LogP contribution in [0.1, 0.15) is 11.1 Å². The van der Waals surface area contributed by atoms with Gasteiger partial charge in [-0.05, 0) is 42.0 Å². The zero-order valence-electron chi connectivity index (χ0n) is 13.0. The molecule has 120 valence electrons. The summed E-state index contributed by atoms with van der Waals surface area (Å²) < 4.78 is 6.86. The topological polar surface area (TPSA) is 96.0 Å². The van der Waals surface area contributed by atoms with Crippen LogP contribution in [0.2, 0.25) is 0 Å². The number of methoxy groups -OCH3 is 1. The first kappa shape index (κ1) is 15.4. The van der Waals surface area contributed by atoms with Crippen LogP contribution >= 0.6 is 0 Å². The number of benzene rings is 2. The molecule has 0 saturated heterocycles. The van der Waals surface area contributed by atoms with E-state index in [1.165, 1.54) is 7.11 Å². The molecule has 0 atom stereocenters. The van der Waals surface area contributed by atoms with Crippen LogP contribution in [0.3, 0.4) is 0 Å². The summed E-state index contributed by atoms with van der Waals surface area (Å²) in [7, 11) is 1.51. The van der Waals surface area contributed by atoms with E-state index in [0.29, 0.717) is 23.8 Å². The summed E-state index contributed by atoms with van der Waals surface area (Å²) in [5, 5.41) is 29.8. The highest BCUT2D eigenvalue weighted by Crippen LogP contribution is 2.27. The highest BCUT2D eigenvalue weighted by atomic mass is 16.5. The van der Waals surface area contributed by atoms with Crippen molar-refractivity contribution in [3.8, 4) is 17.6 Å². The van der Waals surface area contributed by atoms with Crippen molar-refractivity contribution < 1.29 is 9.84 Å². The summed E-state index contributed by atoms with van der Waals surface area (Å²) in [5.41, 5.74) is 2.28. The van der Waals surface area contributed by atoms with Crippen molar-refractivity contribution in [1.29, 1.82) is 5.26 Å². The molecule has 3 rings (SSSR count). The molecule has 0 amide bonds. The number of nitrogens with zero attached hydrogens (tertiary/aromatic N) is 4. The van der Waals surface area contributed by atoms with Gasteiger partial charge in [-0.3, -0.25) is 4.57 Å². The van der Waals surface area contributed by atoms with Crippen molar-refractivity contribution in [2.45, 2.75) is 6.54 Å². The van der Waals surface area contributed by atoms with Gasteiger partial charge in [0.05, 0.1) is 25.3 Å². The van der Waals surface area contributed by atoms with Crippen LogP contribution in [0.5, 0.6) is 11.5 Å². The Balaban J connectivity index is 1.77. The normalized spacial score (nSPS) is 10.2. The van der Waals surface area contributed by atoms with Gasteiger partial charge in [0.15, 0.2) is 11.5 Å². The minimum atomic E-state index is 0.0877. The average molecular weight is 321 g/mol. The van der Waals surface area contributed by atoms with Crippen LogP contribution in [0.25, 0.3) is 0 Å². The van der Waals surface area contributed by atoms with E-state index in [9.17, 15) is 5.11 Å². The first-order valence-electron chi connectivity index (χ1n) is 7.20. The predicted molar refractivity (Wildman–Crippen MR) is 88.2 cm³/mol. The third kappa shape index (κ3) is 3.28. The zero-order chi connectivity index (χ0) is 16.9. The molecule has 0 saturated carbocycles. The molecule has 7 heteroatoms. The van der Waals surface area contributed by atoms with Crippen molar-refractivity contribution >= 4 is 11.6 Å². The molecule has 0 aliphatic rings. The summed E-state index contributed by atoms with van der Waals surface area (Å²) in [6, 6.07) is 14.4. The number of phenolic OH excluding ortho intramolecular Hbond substituents is 1. The Kier molecular flexibility index (Phi) is 4.29. The van der Waals surface area contributed by atoms with E-state index in [1.54, 1.807) is 42.7 Å². The Morgan fingerprint density at radius 2 is 2.04 bits per heavy atom. The molecule has 0 unspecified atom stereocenters. The van der Waals surface area contributed by atoms with Gasteiger partial charge in [0.1, 0.15) is 6.33 Å². The van der Waals surface area contributed by atoms with Crippen LogP contribution in [-0.2, 0) is 6.54 Å². The number of hydrogen-bond acceptors (Lipinski definition) is 6. The number of rotatable bonds is 5. The lowest BCUT2D eigenvalue weighted by Gasteiger charge is -2.10. The number of ether oxygens (including phenoxy) is 1. The minimum Gasteiger partial charge on any atom is -0.504 e. The molecule has 3 aromatic rings. The second-order valence-electron chi connectivity index (χ2n) is 5.10. The van der Waals surface area contributed by atoms with Crippen LogP contribution in [0.15, 0.2) is 48.8 Å². The number of hydrogen-bond donors (Lipinski definition) is 2. The Labute approximate surface area is 138 Å². The van der Waals surface area contributed by atoms with Gasteiger partial charge in [-0.15, -0.1) is 10.2 Å². The Bertz CT molecular complexity index is 881. The van der Waals surface area contributed by atoms with Crippen LogP contribution < -0.4 is 10.1 Å². The fourth-order valence-electron chi connectivity index (χ4n) is 2.26. The van der Waals surface area contributed by atoms with Gasteiger partial charge >= 0.3 is 0 Å². The first-order valence-corrected chi connectivity index (χ1v) is 7.20. The van der Waals surface area contributed by atoms with E-state index < -0.39 is 0 Å². The molecule has 1 heterocycles. The number of aromatic nitrogens is 3. The quantitative estimate of drug-likeness (QED) is 0.750. The van der Waals surface area contributed by atoms with E-state index in [-0.39, 0.29) is 5.75 Å². The van der Waals surface area contributed by atoms with Gasteiger partial charge in [-0.25, -0.2) is 0 Å². The smallest absolute Gasteiger partial charge is 0.229 e. The lowest BCUT2D eigenvalue weighted by atomic mass is 10.2. The number of anilines is 2. The molecule has 7 nitrogen and oxygen atoms in total. The Morgan fingerprint density at radius 3 is 2.71 bits per heavy atom. The van der Waals surface area contributed by atoms with E-state index >= 15 is 0 Å². The molecule has 0 aliphatic carbocycles. The van der Waals surface area contributed by atoms with Crippen molar-refractivity contribution in [1.82, 2.24) is 14.8 Å². The van der Waals surface area contributed by atoms with E-state index in [4.69, 9.17) is 10.00 Å². The van der Waals surface area contributed by atoms with Crippen molar-refractivity contribution in [3.05, 3.63) is 59.9 Å². The van der Waals surface area contributed by atoms with E-state index in [0.717, 1.165) is 11.3 Å². The molecule has 0 bridgehead atoms. The highest BCUT2D eigenvalue weighted by Gasteiger charge is 2.08. The van der Waals surface area contributed by atoms with E-state index in [2.05, 4.69) is 21.6 Å². The van der Waals surface area contributed by atoms with Gasteiger partial charge < -0.3 is 15.2 Å². The largest absolute Gasteiger partial charge is 0.504 e. The fourth-order valence-corrected chi connectivity index (χ4v) is 2.26. The van der Waals surface area contributed by atoms with Crippen molar-refractivity contribution in [2.24, 2.45) is 0 Å². The number of phenols is 1. The van der Waals surface area contributed by atoms with E-state index in [1.807, 2.05) is 10.6 Å². The maximum Gasteiger partial charge on any atom is 0.229 e. The van der Waals surface area contributed by atoms with Crippen molar-refractivity contribution in [3.63, 3.8) is 0 Å². The maximum absolute atomic E-state index is 9.87. The summed E-state index contributed by atoms with van der Waals surface area (Å²) >= 11 is 0. The molecule has 0 spiro atoms. The third-order valence-electron chi connectivity index (χ3n) is 3.48. The molecule has 0 aliphatic heterocycles. The molecule has 1 aromatic heterocycles. The average Bonchev–Trinajstić information content (AvgIpc) is 3.02. The lowest BCUT2D eigenvalue weighted by molar-refractivity contribution is 0.373. The summed E-state index contributed by atoms with van der Waals surface area (Å²) in [6.45, 7) is 0.489. The summed E-state index contributed by atoms with van der Waals surface area (Å²) in [4.78, 5) is 0. The van der Waals surface area contributed by atoms with Gasteiger partial charge in [0, 0.05) is 5.69 Å². The number of aromatic hydroxyl groups is 1. The standard InChI is InChI=1S/C17H15N5O2/c1-24-16-7-4-13(8-15(16)23)10-22-11-19-21-17(22)20-14-5-2-12(9-18)3-6-14/h2-8,11,23H,10H2,1H3,(H,20,21). The zero-order valence-corrected chi connectivity index (χ0v) is 13.0. The highest BCUT2D eigenvalue weighted by molar-refractivity contribution is 5.55. The SMILES string of the molecule is COc1ccc(Cn2cnnc2Nc2ccc(C#N)cc2)cc1O. The van der Waals surface area contributed by atoms with Crippen LogP contribution in [0, 0.1) is 11.3 Å². The lowest BCUT2D eigenvalue weighted by Crippen LogP contribution is -2.04. The predicted octanol–water partition coefficient (Wildman–Crippen LogP) is 2.66. The monoisotopic (exact) mass is 321 g/mol. The van der Waals surface area contributed by atoms with Gasteiger partial charge in [0.25, 0.3) is 0 Å². The van der Waals surface area contributed by atoms with Gasteiger partial charge in [-0.1, -0.05) is 6.07 Å². The molecular formula is C17H15N5O2. The summed E-state index contributed by atoms with van der Waals surface area (Å²) in [5.74, 6) is 1.08. The Hall–Kier alpha value is -3.53.